The Morgan fingerprint density at radius 2 is 1.35 bits per heavy atom. The van der Waals surface area contributed by atoms with Crippen molar-refractivity contribution in [2.24, 2.45) is 11.7 Å². The van der Waals surface area contributed by atoms with Crippen LogP contribution in [0.4, 0.5) is 11.4 Å². The standard InChI is InChI=1S/C20H19N3O3/c21-18(24)13-9-11-22(12-10-13)14-5-7-15(8-6-14)23-19(25)16-3-1-2-4-17(16)20(23)26/h1-8,13H,9-12H2,(H2,21,24). The number of nitrogens with two attached hydrogens (primary N) is 1. The van der Waals surface area contributed by atoms with Crippen LogP contribution < -0.4 is 15.5 Å². The SMILES string of the molecule is NC(=O)C1CCN(c2ccc(N3C(=O)c4ccccc4C3=O)cc2)CC1. The molecule has 0 radical (unpaired) electrons. The van der Waals surface area contributed by atoms with Gasteiger partial charge in [0.15, 0.2) is 0 Å². The summed E-state index contributed by atoms with van der Waals surface area (Å²) < 4.78 is 0. The first-order valence-electron chi connectivity index (χ1n) is 8.68. The molecule has 6 nitrogen and oxygen atoms in total. The predicted molar refractivity (Wildman–Crippen MR) is 98.2 cm³/mol. The quantitative estimate of drug-likeness (QED) is 0.861. The van der Waals surface area contributed by atoms with E-state index in [-0.39, 0.29) is 23.6 Å². The van der Waals surface area contributed by atoms with Crippen LogP contribution in [-0.2, 0) is 4.79 Å². The highest BCUT2D eigenvalue weighted by molar-refractivity contribution is 6.34. The highest BCUT2D eigenvalue weighted by atomic mass is 16.2. The maximum absolute atomic E-state index is 12.5. The van der Waals surface area contributed by atoms with E-state index in [4.69, 9.17) is 5.73 Å². The summed E-state index contributed by atoms with van der Waals surface area (Å²) in [5.74, 6) is -0.865. The number of benzene rings is 2. The number of piperidine rings is 1. The molecule has 2 aliphatic heterocycles. The van der Waals surface area contributed by atoms with E-state index in [1.165, 1.54) is 4.90 Å². The van der Waals surface area contributed by atoms with Crippen LogP contribution in [0.2, 0.25) is 0 Å². The van der Waals surface area contributed by atoms with E-state index in [0.29, 0.717) is 16.8 Å². The molecule has 0 spiro atoms. The van der Waals surface area contributed by atoms with Gasteiger partial charge in [-0.1, -0.05) is 12.1 Å². The summed E-state index contributed by atoms with van der Waals surface area (Å²) in [6, 6.07) is 14.2. The van der Waals surface area contributed by atoms with Crippen LogP contribution in [0, 0.1) is 5.92 Å². The first-order chi connectivity index (χ1) is 12.6. The lowest BCUT2D eigenvalue weighted by molar-refractivity contribution is -0.122. The molecule has 2 aromatic rings. The molecular weight excluding hydrogens is 330 g/mol. The molecule has 0 unspecified atom stereocenters. The lowest BCUT2D eigenvalue weighted by Gasteiger charge is -2.32. The third kappa shape index (κ3) is 2.63. The van der Waals surface area contributed by atoms with E-state index in [0.717, 1.165) is 31.6 Å². The number of carbonyl (C=O) groups is 3. The topological polar surface area (TPSA) is 83.7 Å². The van der Waals surface area contributed by atoms with E-state index in [2.05, 4.69) is 4.90 Å². The van der Waals surface area contributed by atoms with Crippen LogP contribution in [0.25, 0.3) is 0 Å². The van der Waals surface area contributed by atoms with Crippen molar-refractivity contribution in [1.82, 2.24) is 0 Å². The molecular formula is C20H19N3O3. The average Bonchev–Trinajstić information content (AvgIpc) is 2.93. The molecule has 0 atom stereocenters. The van der Waals surface area contributed by atoms with Crippen molar-refractivity contribution in [3.63, 3.8) is 0 Å². The van der Waals surface area contributed by atoms with Crippen LogP contribution in [0.15, 0.2) is 48.5 Å². The molecule has 2 aromatic carbocycles. The smallest absolute Gasteiger partial charge is 0.266 e. The van der Waals surface area contributed by atoms with Crippen molar-refractivity contribution >= 4 is 29.1 Å². The van der Waals surface area contributed by atoms with Crippen LogP contribution in [0.1, 0.15) is 33.6 Å². The molecule has 26 heavy (non-hydrogen) atoms. The Morgan fingerprint density at radius 1 is 0.846 bits per heavy atom. The Kier molecular flexibility index (Phi) is 3.95. The zero-order valence-corrected chi connectivity index (χ0v) is 14.2. The van der Waals surface area contributed by atoms with Crippen molar-refractivity contribution in [2.75, 3.05) is 22.9 Å². The molecule has 0 bridgehead atoms. The third-order valence-electron chi connectivity index (χ3n) is 5.16. The van der Waals surface area contributed by atoms with Gasteiger partial charge in [0.25, 0.3) is 11.8 Å². The van der Waals surface area contributed by atoms with Crippen LogP contribution in [0.5, 0.6) is 0 Å². The maximum atomic E-state index is 12.5. The minimum atomic E-state index is -0.291. The minimum Gasteiger partial charge on any atom is -0.371 e. The molecule has 0 aromatic heterocycles. The Morgan fingerprint density at radius 3 is 1.85 bits per heavy atom. The van der Waals surface area contributed by atoms with Crippen molar-refractivity contribution in [3.05, 3.63) is 59.7 Å². The fourth-order valence-corrected chi connectivity index (χ4v) is 3.66. The number of amides is 3. The predicted octanol–water partition coefficient (Wildman–Crippen LogP) is 2.19. The Hall–Kier alpha value is -3.15. The maximum Gasteiger partial charge on any atom is 0.266 e. The summed E-state index contributed by atoms with van der Waals surface area (Å²) in [5.41, 5.74) is 7.83. The van der Waals surface area contributed by atoms with Gasteiger partial charge >= 0.3 is 0 Å². The highest BCUT2D eigenvalue weighted by Crippen LogP contribution is 2.30. The number of nitrogens with zero attached hydrogens (tertiary/aromatic N) is 2. The third-order valence-corrected chi connectivity index (χ3v) is 5.16. The van der Waals surface area contributed by atoms with Gasteiger partial charge in [-0.2, -0.15) is 0 Å². The number of carbonyl (C=O) groups excluding carboxylic acids is 3. The fraction of sp³-hybridized carbons (Fsp3) is 0.250. The summed E-state index contributed by atoms with van der Waals surface area (Å²) in [6.45, 7) is 1.53. The Balaban J connectivity index is 1.52. The number of fused-ring (bicyclic) bond motifs is 1. The van der Waals surface area contributed by atoms with E-state index in [1.807, 2.05) is 12.1 Å². The normalized spacial score (nSPS) is 17.5. The van der Waals surface area contributed by atoms with Crippen LogP contribution in [0.3, 0.4) is 0 Å². The van der Waals surface area contributed by atoms with Gasteiger partial charge < -0.3 is 10.6 Å². The molecule has 4 rings (SSSR count). The van der Waals surface area contributed by atoms with Crippen LogP contribution >= 0.6 is 0 Å². The summed E-state index contributed by atoms with van der Waals surface area (Å²) in [4.78, 5) is 39.8. The molecule has 132 valence electrons. The van der Waals surface area contributed by atoms with E-state index in [1.54, 1.807) is 36.4 Å². The second-order valence-corrected chi connectivity index (χ2v) is 6.67. The Labute approximate surface area is 151 Å². The second-order valence-electron chi connectivity index (χ2n) is 6.67. The zero-order valence-electron chi connectivity index (χ0n) is 14.2. The average molecular weight is 349 g/mol. The number of hydrogen-bond acceptors (Lipinski definition) is 4. The summed E-state index contributed by atoms with van der Waals surface area (Å²) in [7, 11) is 0. The number of primary amides is 1. The molecule has 2 N–H and O–H groups in total. The van der Waals surface area contributed by atoms with E-state index >= 15 is 0 Å². The van der Waals surface area contributed by atoms with E-state index in [9.17, 15) is 14.4 Å². The first kappa shape index (κ1) is 16.3. The van der Waals surface area contributed by atoms with Crippen molar-refractivity contribution in [1.29, 1.82) is 0 Å². The molecule has 2 heterocycles. The molecule has 1 saturated heterocycles. The van der Waals surface area contributed by atoms with Gasteiger partial charge in [0.2, 0.25) is 5.91 Å². The van der Waals surface area contributed by atoms with Gasteiger partial charge in [-0.25, -0.2) is 4.90 Å². The lowest BCUT2D eigenvalue weighted by Crippen LogP contribution is -2.38. The summed E-state index contributed by atoms with van der Waals surface area (Å²) in [6.07, 6.45) is 1.49. The number of anilines is 2. The van der Waals surface area contributed by atoms with E-state index < -0.39 is 0 Å². The van der Waals surface area contributed by atoms with Crippen LogP contribution in [-0.4, -0.2) is 30.8 Å². The molecule has 0 aliphatic carbocycles. The number of hydrogen-bond donors (Lipinski definition) is 1. The monoisotopic (exact) mass is 349 g/mol. The highest BCUT2D eigenvalue weighted by Gasteiger charge is 2.36. The number of rotatable bonds is 3. The summed E-state index contributed by atoms with van der Waals surface area (Å²) in [5, 5.41) is 0. The number of imide groups is 1. The van der Waals surface area contributed by atoms with Gasteiger partial charge in [-0.3, -0.25) is 14.4 Å². The lowest BCUT2D eigenvalue weighted by atomic mass is 9.96. The van der Waals surface area contributed by atoms with Gasteiger partial charge in [0.05, 0.1) is 16.8 Å². The Bertz CT molecular complexity index is 848. The van der Waals surface area contributed by atoms with Gasteiger partial charge in [0.1, 0.15) is 0 Å². The van der Waals surface area contributed by atoms with Crippen molar-refractivity contribution in [3.8, 4) is 0 Å². The summed E-state index contributed by atoms with van der Waals surface area (Å²) >= 11 is 0. The van der Waals surface area contributed by atoms with Gasteiger partial charge in [0, 0.05) is 24.7 Å². The van der Waals surface area contributed by atoms with Crippen molar-refractivity contribution in [2.45, 2.75) is 12.8 Å². The molecule has 2 aliphatic rings. The molecule has 6 heteroatoms. The molecule has 1 fully saturated rings. The van der Waals surface area contributed by atoms with Gasteiger partial charge in [-0.15, -0.1) is 0 Å². The first-order valence-corrected chi connectivity index (χ1v) is 8.68. The zero-order chi connectivity index (χ0) is 18.3. The molecule has 3 amide bonds. The molecule has 0 saturated carbocycles. The largest absolute Gasteiger partial charge is 0.371 e. The minimum absolute atomic E-state index is 0.0520. The van der Waals surface area contributed by atoms with Crippen molar-refractivity contribution < 1.29 is 14.4 Å². The fourth-order valence-electron chi connectivity index (χ4n) is 3.66. The van der Waals surface area contributed by atoms with Gasteiger partial charge in [-0.05, 0) is 49.2 Å². The second kappa shape index (κ2) is 6.29.